The summed E-state index contributed by atoms with van der Waals surface area (Å²) in [6, 6.07) is 10.8. The highest BCUT2D eigenvalue weighted by molar-refractivity contribution is 6.31. The number of amides is 1. The number of benzene rings is 2. The molecule has 26 heavy (non-hydrogen) atoms. The molecule has 6 nitrogen and oxygen atoms in total. The van der Waals surface area contributed by atoms with Crippen LogP contribution in [0.2, 0.25) is 5.02 Å². The quantitative estimate of drug-likeness (QED) is 0.655. The average Bonchev–Trinajstić information content (AvgIpc) is 2.64. The van der Waals surface area contributed by atoms with Gasteiger partial charge in [-0.3, -0.25) is 4.79 Å². The number of aryl methyl sites for hydroxylation is 1. The molecule has 7 heteroatoms. The largest absolute Gasteiger partial charge is 0.497 e. The normalized spacial score (nSPS) is 10.3. The molecule has 0 aromatic heterocycles. The van der Waals surface area contributed by atoms with Crippen molar-refractivity contribution in [2.24, 2.45) is 0 Å². The molecule has 0 spiro atoms. The van der Waals surface area contributed by atoms with Crippen LogP contribution in [0.5, 0.6) is 17.2 Å². The Bertz CT molecular complexity index is 735. The molecule has 0 atom stereocenters. The van der Waals surface area contributed by atoms with E-state index in [1.165, 1.54) is 7.11 Å². The number of carbonyl (C=O) groups is 1. The minimum absolute atomic E-state index is 0.163. The molecule has 0 unspecified atom stereocenters. The Hall–Kier alpha value is -2.44. The van der Waals surface area contributed by atoms with Crippen LogP contribution in [-0.2, 0) is 4.79 Å². The number of anilines is 1. The Morgan fingerprint density at radius 2 is 1.77 bits per heavy atom. The van der Waals surface area contributed by atoms with Crippen LogP contribution in [0.1, 0.15) is 5.56 Å². The van der Waals surface area contributed by atoms with E-state index >= 15 is 0 Å². The Morgan fingerprint density at radius 1 is 1.08 bits per heavy atom. The molecular weight excluding hydrogens is 356 g/mol. The van der Waals surface area contributed by atoms with Crippen LogP contribution < -0.4 is 24.8 Å². The van der Waals surface area contributed by atoms with Gasteiger partial charge in [0.05, 0.1) is 26.5 Å². The van der Waals surface area contributed by atoms with Crippen LogP contribution in [0, 0.1) is 6.92 Å². The van der Waals surface area contributed by atoms with Crippen molar-refractivity contribution in [3.8, 4) is 17.2 Å². The molecule has 0 radical (unpaired) electrons. The summed E-state index contributed by atoms with van der Waals surface area (Å²) in [7, 11) is 3.15. The predicted molar refractivity (Wildman–Crippen MR) is 103 cm³/mol. The molecule has 0 fully saturated rings. The first-order chi connectivity index (χ1) is 12.5. The van der Waals surface area contributed by atoms with Gasteiger partial charge in [0, 0.05) is 17.6 Å². The zero-order valence-electron chi connectivity index (χ0n) is 15.1. The highest BCUT2D eigenvalue weighted by Crippen LogP contribution is 2.30. The molecule has 1 amide bonds. The van der Waals surface area contributed by atoms with E-state index in [0.717, 1.165) is 17.1 Å². The molecule has 0 saturated heterocycles. The van der Waals surface area contributed by atoms with Gasteiger partial charge in [-0.2, -0.15) is 0 Å². The van der Waals surface area contributed by atoms with E-state index in [9.17, 15) is 4.79 Å². The topological polar surface area (TPSA) is 68.8 Å². The highest BCUT2D eigenvalue weighted by atomic mass is 35.5. The maximum absolute atomic E-state index is 12.1. The fraction of sp³-hybridized carbons (Fsp3) is 0.316. The third-order valence-electron chi connectivity index (χ3n) is 3.65. The van der Waals surface area contributed by atoms with Crippen molar-refractivity contribution in [2.75, 3.05) is 39.2 Å². The molecule has 0 aliphatic heterocycles. The maximum atomic E-state index is 12.1. The summed E-state index contributed by atoms with van der Waals surface area (Å²) in [6.07, 6.45) is 0. The smallest absolute Gasteiger partial charge is 0.238 e. The molecule has 2 aromatic carbocycles. The van der Waals surface area contributed by atoms with Gasteiger partial charge in [-0.25, -0.2) is 0 Å². The van der Waals surface area contributed by atoms with E-state index in [0.29, 0.717) is 29.6 Å². The minimum Gasteiger partial charge on any atom is -0.497 e. The van der Waals surface area contributed by atoms with Gasteiger partial charge in [-0.05, 0) is 42.8 Å². The standard InChI is InChI=1S/C19H23ClN2O4/c1-13-10-17(18(25-3)11-16(13)20)22-19(23)12-21-8-9-26-15-6-4-14(24-2)5-7-15/h4-7,10-11,21H,8-9,12H2,1-3H3,(H,22,23). The van der Waals surface area contributed by atoms with Gasteiger partial charge >= 0.3 is 0 Å². The fourth-order valence-corrected chi connectivity index (χ4v) is 2.39. The predicted octanol–water partition coefficient (Wildman–Crippen LogP) is 3.27. The van der Waals surface area contributed by atoms with E-state index in [1.54, 1.807) is 19.2 Å². The average molecular weight is 379 g/mol. The summed E-state index contributed by atoms with van der Waals surface area (Å²) < 4.78 is 15.9. The lowest BCUT2D eigenvalue weighted by Gasteiger charge is -2.13. The molecular formula is C19H23ClN2O4. The second kappa shape index (κ2) is 9.89. The minimum atomic E-state index is -0.172. The van der Waals surface area contributed by atoms with Crippen LogP contribution in [0.15, 0.2) is 36.4 Å². The number of methoxy groups -OCH3 is 2. The third kappa shape index (κ3) is 5.82. The lowest BCUT2D eigenvalue weighted by Crippen LogP contribution is -2.31. The Labute approximate surface area is 158 Å². The molecule has 2 rings (SSSR count). The number of carbonyl (C=O) groups excluding carboxylic acids is 1. The Balaban J connectivity index is 1.73. The van der Waals surface area contributed by atoms with Crippen LogP contribution in [-0.4, -0.2) is 39.8 Å². The van der Waals surface area contributed by atoms with E-state index in [1.807, 2.05) is 31.2 Å². The number of hydrogen-bond donors (Lipinski definition) is 2. The van der Waals surface area contributed by atoms with Gasteiger partial charge in [0.1, 0.15) is 23.9 Å². The number of rotatable bonds is 9. The molecule has 0 heterocycles. The molecule has 140 valence electrons. The van der Waals surface area contributed by atoms with Crippen molar-refractivity contribution in [3.05, 3.63) is 47.0 Å². The molecule has 0 bridgehead atoms. The fourth-order valence-electron chi connectivity index (χ4n) is 2.24. The summed E-state index contributed by atoms with van der Waals surface area (Å²) in [5.74, 6) is 1.88. The van der Waals surface area contributed by atoms with Gasteiger partial charge in [0.25, 0.3) is 0 Å². The van der Waals surface area contributed by atoms with Crippen molar-refractivity contribution in [1.82, 2.24) is 5.32 Å². The number of halogens is 1. The van der Waals surface area contributed by atoms with E-state index < -0.39 is 0 Å². The third-order valence-corrected chi connectivity index (χ3v) is 4.05. The molecule has 2 N–H and O–H groups in total. The lowest BCUT2D eigenvalue weighted by molar-refractivity contribution is -0.115. The van der Waals surface area contributed by atoms with Gasteiger partial charge in [0.15, 0.2) is 0 Å². The number of ether oxygens (including phenoxy) is 3. The molecule has 0 aliphatic carbocycles. The zero-order chi connectivity index (χ0) is 18.9. The lowest BCUT2D eigenvalue weighted by atomic mass is 10.2. The first-order valence-corrected chi connectivity index (χ1v) is 8.53. The van der Waals surface area contributed by atoms with E-state index in [4.69, 9.17) is 25.8 Å². The van der Waals surface area contributed by atoms with E-state index in [2.05, 4.69) is 10.6 Å². The summed E-state index contributed by atoms with van der Waals surface area (Å²) >= 11 is 6.06. The summed E-state index contributed by atoms with van der Waals surface area (Å²) in [5.41, 5.74) is 1.46. The highest BCUT2D eigenvalue weighted by Gasteiger charge is 2.10. The Kier molecular flexibility index (Phi) is 7.56. The monoisotopic (exact) mass is 378 g/mol. The second-order valence-electron chi connectivity index (χ2n) is 5.55. The summed E-state index contributed by atoms with van der Waals surface area (Å²) in [6.45, 7) is 3.02. The number of hydrogen-bond acceptors (Lipinski definition) is 5. The SMILES string of the molecule is COc1ccc(OCCNCC(=O)Nc2cc(C)c(Cl)cc2OC)cc1. The molecule has 0 saturated carbocycles. The number of nitrogens with one attached hydrogen (secondary N) is 2. The first kappa shape index (κ1) is 19.9. The molecule has 2 aromatic rings. The van der Waals surface area contributed by atoms with Crippen molar-refractivity contribution < 1.29 is 19.0 Å². The second-order valence-corrected chi connectivity index (χ2v) is 5.96. The van der Waals surface area contributed by atoms with Crippen molar-refractivity contribution in [2.45, 2.75) is 6.92 Å². The van der Waals surface area contributed by atoms with Crippen LogP contribution in [0.4, 0.5) is 5.69 Å². The summed E-state index contributed by atoms with van der Waals surface area (Å²) in [4.78, 5) is 12.1. The van der Waals surface area contributed by atoms with Crippen molar-refractivity contribution >= 4 is 23.2 Å². The van der Waals surface area contributed by atoms with Crippen LogP contribution in [0.3, 0.4) is 0 Å². The van der Waals surface area contributed by atoms with Crippen LogP contribution in [0.25, 0.3) is 0 Å². The van der Waals surface area contributed by atoms with Gasteiger partial charge in [-0.15, -0.1) is 0 Å². The van der Waals surface area contributed by atoms with Crippen LogP contribution >= 0.6 is 11.6 Å². The van der Waals surface area contributed by atoms with Crippen molar-refractivity contribution in [3.63, 3.8) is 0 Å². The van der Waals surface area contributed by atoms with Gasteiger partial charge in [0.2, 0.25) is 5.91 Å². The van der Waals surface area contributed by atoms with Gasteiger partial charge in [-0.1, -0.05) is 11.6 Å². The summed E-state index contributed by atoms with van der Waals surface area (Å²) in [5, 5.41) is 6.44. The maximum Gasteiger partial charge on any atom is 0.238 e. The molecule has 0 aliphatic rings. The Morgan fingerprint density at radius 3 is 2.42 bits per heavy atom. The van der Waals surface area contributed by atoms with Gasteiger partial charge < -0.3 is 24.8 Å². The van der Waals surface area contributed by atoms with E-state index in [-0.39, 0.29) is 12.5 Å². The van der Waals surface area contributed by atoms with Crippen molar-refractivity contribution in [1.29, 1.82) is 0 Å². The first-order valence-electron chi connectivity index (χ1n) is 8.15. The zero-order valence-corrected chi connectivity index (χ0v) is 15.9.